The second-order valence-corrected chi connectivity index (χ2v) is 5.71. The Morgan fingerprint density at radius 3 is 2.90 bits per heavy atom. The predicted molar refractivity (Wildman–Crippen MR) is 83.6 cm³/mol. The quantitative estimate of drug-likeness (QED) is 0.803. The molecule has 21 heavy (non-hydrogen) atoms. The minimum atomic E-state index is -0.225. The molecule has 0 radical (unpaired) electrons. The summed E-state index contributed by atoms with van der Waals surface area (Å²) in [6.45, 7) is 3.73. The summed E-state index contributed by atoms with van der Waals surface area (Å²) in [7, 11) is 0. The molecule has 6 heteroatoms. The highest BCUT2D eigenvalue weighted by Gasteiger charge is 2.14. The van der Waals surface area contributed by atoms with Gasteiger partial charge in [-0.3, -0.25) is 4.79 Å². The Morgan fingerprint density at radius 2 is 2.24 bits per heavy atom. The molecule has 2 aromatic rings. The molecule has 0 spiro atoms. The topological polar surface area (TPSA) is 75.4 Å². The first-order valence-electron chi connectivity index (χ1n) is 6.62. The number of rotatable bonds is 6. The van der Waals surface area contributed by atoms with Gasteiger partial charge in [0.05, 0.1) is 12.2 Å². The second-order valence-electron chi connectivity index (χ2n) is 4.61. The Balaban J connectivity index is 2.04. The molecule has 2 N–H and O–H groups in total. The lowest BCUT2D eigenvalue weighted by atomic mass is 10.2. The van der Waals surface area contributed by atoms with Crippen LogP contribution in [0.3, 0.4) is 0 Å². The number of anilines is 1. The number of amides is 1. The van der Waals surface area contributed by atoms with Crippen molar-refractivity contribution in [2.75, 3.05) is 17.7 Å². The summed E-state index contributed by atoms with van der Waals surface area (Å²) in [6.07, 6.45) is 1.66. The SMILES string of the molecule is Cc1cc(C(=O)Nc2cc(CSCCO)ccn2)c(C)o1. The van der Waals surface area contributed by atoms with Gasteiger partial charge >= 0.3 is 0 Å². The van der Waals surface area contributed by atoms with E-state index in [1.807, 2.05) is 12.1 Å². The third-order valence-electron chi connectivity index (χ3n) is 2.86. The fraction of sp³-hybridized carbons (Fsp3) is 0.333. The number of carbonyl (C=O) groups excluding carboxylic acids is 1. The normalized spacial score (nSPS) is 10.6. The molecule has 5 nitrogen and oxygen atoms in total. The van der Waals surface area contributed by atoms with Crippen molar-refractivity contribution >= 4 is 23.5 Å². The zero-order valence-corrected chi connectivity index (χ0v) is 12.9. The van der Waals surface area contributed by atoms with Crippen LogP contribution in [0.15, 0.2) is 28.8 Å². The van der Waals surface area contributed by atoms with Crippen LogP contribution in [0.1, 0.15) is 27.4 Å². The molecular formula is C15H18N2O3S. The van der Waals surface area contributed by atoms with E-state index in [9.17, 15) is 4.79 Å². The summed E-state index contributed by atoms with van der Waals surface area (Å²) in [6, 6.07) is 5.45. The molecule has 0 aliphatic carbocycles. The summed E-state index contributed by atoms with van der Waals surface area (Å²) in [5.41, 5.74) is 1.58. The molecule has 0 aliphatic heterocycles. The van der Waals surface area contributed by atoms with Gasteiger partial charge in [-0.05, 0) is 37.6 Å². The highest BCUT2D eigenvalue weighted by Crippen LogP contribution is 2.17. The van der Waals surface area contributed by atoms with Crippen molar-refractivity contribution in [3.8, 4) is 0 Å². The minimum absolute atomic E-state index is 0.165. The first-order chi connectivity index (χ1) is 10.1. The third kappa shape index (κ3) is 4.34. The number of furan rings is 1. The molecule has 2 heterocycles. The first-order valence-corrected chi connectivity index (χ1v) is 7.77. The van der Waals surface area contributed by atoms with Gasteiger partial charge in [-0.15, -0.1) is 0 Å². The lowest BCUT2D eigenvalue weighted by Crippen LogP contribution is -2.13. The van der Waals surface area contributed by atoms with E-state index in [-0.39, 0.29) is 12.5 Å². The summed E-state index contributed by atoms with van der Waals surface area (Å²) in [4.78, 5) is 16.3. The monoisotopic (exact) mass is 306 g/mol. The van der Waals surface area contributed by atoms with Crippen molar-refractivity contribution in [3.05, 3.63) is 47.0 Å². The zero-order chi connectivity index (χ0) is 15.2. The van der Waals surface area contributed by atoms with E-state index in [1.54, 1.807) is 37.9 Å². The van der Waals surface area contributed by atoms with Gasteiger partial charge < -0.3 is 14.8 Å². The summed E-state index contributed by atoms with van der Waals surface area (Å²) in [5, 5.41) is 11.5. The first kappa shape index (κ1) is 15.6. The number of nitrogens with zero attached hydrogens (tertiary/aromatic N) is 1. The number of aliphatic hydroxyl groups excluding tert-OH is 1. The van der Waals surface area contributed by atoms with E-state index >= 15 is 0 Å². The fourth-order valence-corrected chi connectivity index (χ4v) is 2.62. The molecule has 0 aromatic carbocycles. The molecule has 112 valence electrons. The highest BCUT2D eigenvalue weighted by atomic mass is 32.2. The number of thioether (sulfide) groups is 1. The van der Waals surface area contributed by atoms with E-state index in [0.717, 1.165) is 11.3 Å². The van der Waals surface area contributed by atoms with Gasteiger partial charge in [0.15, 0.2) is 0 Å². The Morgan fingerprint density at radius 1 is 1.43 bits per heavy atom. The maximum atomic E-state index is 12.2. The molecule has 0 saturated heterocycles. The molecule has 1 amide bonds. The number of aliphatic hydroxyl groups is 1. The Bertz CT molecular complexity index is 625. The number of aromatic nitrogens is 1. The Kier molecular flexibility index (Phi) is 5.41. The van der Waals surface area contributed by atoms with Crippen LogP contribution in [-0.4, -0.2) is 28.4 Å². The van der Waals surface area contributed by atoms with Crippen LogP contribution >= 0.6 is 11.8 Å². The number of pyridine rings is 1. The molecular weight excluding hydrogens is 288 g/mol. The van der Waals surface area contributed by atoms with Crippen molar-refractivity contribution < 1.29 is 14.3 Å². The lowest BCUT2D eigenvalue weighted by Gasteiger charge is -2.06. The van der Waals surface area contributed by atoms with Gasteiger partial charge in [0.1, 0.15) is 17.3 Å². The van der Waals surface area contributed by atoms with Crippen LogP contribution in [0.2, 0.25) is 0 Å². The van der Waals surface area contributed by atoms with E-state index < -0.39 is 0 Å². The number of aryl methyl sites for hydroxylation is 2. The average molecular weight is 306 g/mol. The molecule has 2 rings (SSSR count). The second kappa shape index (κ2) is 7.28. The maximum absolute atomic E-state index is 12.2. The molecule has 0 unspecified atom stereocenters. The lowest BCUT2D eigenvalue weighted by molar-refractivity contribution is 0.102. The van der Waals surface area contributed by atoms with Crippen molar-refractivity contribution in [2.45, 2.75) is 19.6 Å². The van der Waals surface area contributed by atoms with E-state index in [4.69, 9.17) is 9.52 Å². The van der Waals surface area contributed by atoms with E-state index in [2.05, 4.69) is 10.3 Å². The number of hydrogen-bond donors (Lipinski definition) is 2. The maximum Gasteiger partial charge on any atom is 0.260 e. The highest BCUT2D eigenvalue weighted by molar-refractivity contribution is 7.98. The minimum Gasteiger partial charge on any atom is -0.466 e. The van der Waals surface area contributed by atoms with E-state index in [0.29, 0.717) is 28.7 Å². The van der Waals surface area contributed by atoms with Gasteiger partial charge in [-0.1, -0.05) is 0 Å². The van der Waals surface area contributed by atoms with Crippen LogP contribution in [0.4, 0.5) is 5.82 Å². The summed E-state index contributed by atoms with van der Waals surface area (Å²) < 4.78 is 5.35. The van der Waals surface area contributed by atoms with Crippen LogP contribution in [-0.2, 0) is 5.75 Å². The van der Waals surface area contributed by atoms with Gasteiger partial charge in [0.25, 0.3) is 5.91 Å². The summed E-state index contributed by atoms with van der Waals surface area (Å²) >= 11 is 1.63. The van der Waals surface area contributed by atoms with Gasteiger partial charge in [-0.2, -0.15) is 11.8 Å². The van der Waals surface area contributed by atoms with Gasteiger partial charge in [0, 0.05) is 17.7 Å². The van der Waals surface area contributed by atoms with Gasteiger partial charge in [0.2, 0.25) is 0 Å². The molecule has 0 aliphatic rings. The molecule has 0 bridgehead atoms. The standard InChI is InChI=1S/C15H18N2O3S/c1-10-7-13(11(2)20-10)15(19)17-14-8-12(3-4-16-14)9-21-6-5-18/h3-4,7-8,18H,5-6,9H2,1-2H3,(H,16,17,19). The smallest absolute Gasteiger partial charge is 0.260 e. The van der Waals surface area contributed by atoms with Crippen molar-refractivity contribution in [1.82, 2.24) is 4.98 Å². The summed E-state index contributed by atoms with van der Waals surface area (Å²) in [5.74, 6) is 3.06. The van der Waals surface area contributed by atoms with Crippen LogP contribution < -0.4 is 5.32 Å². The molecule has 2 aromatic heterocycles. The van der Waals surface area contributed by atoms with Crippen molar-refractivity contribution in [2.24, 2.45) is 0 Å². The largest absolute Gasteiger partial charge is 0.466 e. The Labute approximate surface area is 127 Å². The molecule has 0 atom stereocenters. The van der Waals surface area contributed by atoms with Gasteiger partial charge in [-0.25, -0.2) is 4.98 Å². The number of hydrogen-bond acceptors (Lipinski definition) is 5. The number of carbonyl (C=O) groups is 1. The van der Waals surface area contributed by atoms with Crippen molar-refractivity contribution in [1.29, 1.82) is 0 Å². The van der Waals surface area contributed by atoms with Crippen LogP contribution in [0.25, 0.3) is 0 Å². The molecule has 0 saturated carbocycles. The van der Waals surface area contributed by atoms with Crippen molar-refractivity contribution in [3.63, 3.8) is 0 Å². The average Bonchev–Trinajstić information content (AvgIpc) is 2.78. The Hall–Kier alpha value is -1.79. The van der Waals surface area contributed by atoms with Crippen LogP contribution in [0, 0.1) is 13.8 Å². The third-order valence-corrected chi connectivity index (χ3v) is 3.86. The predicted octanol–water partition coefficient (Wildman–Crippen LogP) is 2.77. The molecule has 0 fully saturated rings. The van der Waals surface area contributed by atoms with Crippen LogP contribution in [0.5, 0.6) is 0 Å². The number of nitrogens with one attached hydrogen (secondary N) is 1. The fourth-order valence-electron chi connectivity index (χ4n) is 1.93. The van der Waals surface area contributed by atoms with E-state index in [1.165, 1.54) is 0 Å². The zero-order valence-electron chi connectivity index (χ0n) is 12.0.